The molecule has 0 unspecified atom stereocenters. The molecule has 2 rings (SSSR count). The Morgan fingerprint density at radius 3 is 2.53 bits per heavy atom. The quantitative estimate of drug-likeness (QED) is 0.674. The Morgan fingerprint density at radius 2 is 2.07 bits per heavy atom. The lowest BCUT2D eigenvalue weighted by atomic mass is 9.88. The lowest BCUT2D eigenvalue weighted by Crippen LogP contribution is -2.53. The molecule has 1 N–H and O–H groups in total. The van der Waals surface area contributed by atoms with Gasteiger partial charge in [-0.25, -0.2) is 4.79 Å². The smallest absolute Gasteiger partial charge is 0.323 e. The molecule has 5 heteroatoms. The summed E-state index contributed by atoms with van der Waals surface area (Å²) in [4.78, 5) is 16.4. The van der Waals surface area contributed by atoms with Gasteiger partial charge in [-0.05, 0) is 26.8 Å². The first-order valence-electron chi connectivity index (χ1n) is 5.42. The Labute approximate surface area is 95.6 Å². The van der Waals surface area contributed by atoms with Gasteiger partial charge < -0.3 is 10.2 Å². The van der Waals surface area contributed by atoms with Gasteiger partial charge in [0.25, 0.3) is 0 Å². The predicted octanol–water partition coefficient (Wildman–Crippen LogP) is 0.823. The molecular formula is C10H17N3OS. The largest absolute Gasteiger partial charge is 0.326 e. The van der Waals surface area contributed by atoms with Gasteiger partial charge in [0, 0.05) is 19.6 Å². The molecule has 0 aromatic heterocycles. The Morgan fingerprint density at radius 1 is 1.47 bits per heavy atom. The van der Waals surface area contributed by atoms with Crippen molar-refractivity contribution in [2.75, 3.05) is 26.7 Å². The van der Waals surface area contributed by atoms with Crippen LogP contribution in [0.3, 0.4) is 0 Å². The number of amides is 2. The molecule has 2 fully saturated rings. The molecule has 2 aliphatic heterocycles. The van der Waals surface area contributed by atoms with Crippen molar-refractivity contribution in [3.05, 3.63) is 0 Å². The first-order chi connectivity index (χ1) is 7.09. The number of likely N-dealkylation sites (N-methyl/N-ethyl adjacent to an activating group) is 1. The molecule has 2 heterocycles. The molecule has 0 aliphatic carbocycles. The van der Waals surface area contributed by atoms with E-state index in [2.05, 4.69) is 17.3 Å². The number of likely N-dealkylation sites (tertiary alicyclic amines) is 1. The number of hydrogen-bond donors (Lipinski definition) is 1. The van der Waals surface area contributed by atoms with Crippen molar-refractivity contribution >= 4 is 23.2 Å². The highest BCUT2D eigenvalue weighted by molar-refractivity contribution is 7.80. The van der Waals surface area contributed by atoms with E-state index in [-0.39, 0.29) is 11.6 Å². The molecule has 0 saturated carbocycles. The van der Waals surface area contributed by atoms with Crippen LogP contribution in [-0.4, -0.2) is 53.0 Å². The molecule has 0 aromatic carbocycles. The maximum Gasteiger partial charge on any atom is 0.323 e. The number of nitrogens with one attached hydrogen (secondary N) is 1. The number of urea groups is 1. The van der Waals surface area contributed by atoms with Crippen molar-refractivity contribution in [1.29, 1.82) is 0 Å². The van der Waals surface area contributed by atoms with Gasteiger partial charge in [0.15, 0.2) is 0 Å². The Hall–Kier alpha value is -0.680. The van der Waals surface area contributed by atoms with Gasteiger partial charge in [0.2, 0.25) is 0 Å². The summed E-state index contributed by atoms with van der Waals surface area (Å²) in [7, 11) is 2.10. The number of carbonyl (C=O) groups excluding carboxylic acids is 1. The summed E-state index contributed by atoms with van der Waals surface area (Å²) in [5.74, 6) is 0. The second-order valence-corrected chi connectivity index (χ2v) is 4.75. The highest BCUT2D eigenvalue weighted by atomic mass is 32.1. The standard InChI is InChI=1S/C10H17N3OS/c1-3-13-8(15)10(11-9(13)14)4-6-12(2)7-5-10/h3-7H2,1-2H3,(H,11,14). The summed E-state index contributed by atoms with van der Waals surface area (Å²) in [5, 5.41) is 3.06. The van der Waals surface area contributed by atoms with Crippen LogP contribution in [0, 0.1) is 0 Å². The van der Waals surface area contributed by atoms with E-state index in [0.29, 0.717) is 6.54 Å². The van der Waals surface area contributed by atoms with Crippen molar-refractivity contribution in [3.8, 4) is 0 Å². The van der Waals surface area contributed by atoms with Gasteiger partial charge in [0.05, 0.1) is 5.54 Å². The van der Waals surface area contributed by atoms with Crippen molar-refractivity contribution in [1.82, 2.24) is 15.1 Å². The van der Waals surface area contributed by atoms with Crippen molar-refractivity contribution in [2.24, 2.45) is 0 Å². The van der Waals surface area contributed by atoms with E-state index in [4.69, 9.17) is 12.2 Å². The summed E-state index contributed by atoms with van der Waals surface area (Å²) >= 11 is 5.41. The molecule has 15 heavy (non-hydrogen) atoms. The number of nitrogens with zero attached hydrogens (tertiary/aromatic N) is 2. The highest BCUT2D eigenvalue weighted by Gasteiger charge is 2.48. The second-order valence-electron chi connectivity index (χ2n) is 4.36. The Bertz CT molecular complexity index is 297. The monoisotopic (exact) mass is 227 g/mol. The van der Waals surface area contributed by atoms with E-state index < -0.39 is 0 Å². The summed E-state index contributed by atoms with van der Waals surface area (Å²) < 4.78 is 0. The van der Waals surface area contributed by atoms with Crippen LogP contribution in [0.15, 0.2) is 0 Å². The van der Waals surface area contributed by atoms with Gasteiger partial charge in [-0.15, -0.1) is 0 Å². The van der Waals surface area contributed by atoms with Crippen LogP contribution in [-0.2, 0) is 0 Å². The second kappa shape index (κ2) is 3.72. The number of carbonyl (C=O) groups is 1. The van der Waals surface area contributed by atoms with Crippen LogP contribution in [0.4, 0.5) is 4.79 Å². The molecule has 4 nitrogen and oxygen atoms in total. The predicted molar refractivity (Wildman–Crippen MR) is 63.0 cm³/mol. The maximum absolute atomic E-state index is 11.7. The number of thiocarbonyl (C=S) groups is 1. The lowest BCUT2D eigenvalue weighted by molar-refractivity contribution is 0.204. The minimum absolute atomic E-state index is 0.0212. The molecule has 0 radical (unpaired) electrons. The minimum atomic E-state index is -0.227. The van der Waals surface area contributed by atoms with Gasteiger partial charge in [-0.1, -0.05) is 12.2 Å². The summed E-state index contributed by atoms with van der Waals surface area (Å²) in [6, 6.07) is -0.0212. The minimum Gasteiger partial charge on any atom is -0.326 e. The van der Waals surface area contributed by atoms with Crippen LogP contribution in [0.25, 0.3) is 0 Å². The molecule has 0 bridgehead atoms. The van der Waals surface area contributed by atoms with Crippen LogP contribution in [0.1, 0.15) is 19.8 Å². The third-order valence-electron chi connectivity index (χ3n) is 3.40. The fraction of sp³-hybridized carbons (Fsp3) is 0.800. The summed E-state index contributed by atoms with van der Waals surface area (Å²) in [5.41, 5.74) is -0.227. The maximum atomic E-state index is 11.7. The fourth-order valence-electron chi connectivity index (χ4n) is 2.30. The third-order valence-corrected chi connectivity index (χ3v) is 4.01. The highest BCUT2D eigenvalue weighted by Crippen LogP contribution is 2.29. The molecule has 84 valence electrons. The zero-order valence-electron chi connectivity index (χ0n) is 9.25. The summed E-state index contributed by atoms with van der Waals surface area (Å²) in [6.45, 7) is 4.62. The van der Waals surface area contributed by atoms with E-state index >= 15 is 0 Å². The van der Waals surface area contributed by atoms with E-state index in [9.17, 15) is 4.79 Å². The third kappa shape index (κ3) is 1.63. The number of hydrogen-bond acceptors (Lipinski definition) is 3. The van der Waals surface area contributed by atoms with Gasteiger partial charge in [-0.2, -0.15) is 0 Å². The molecule has 2 amide bonds. The van der Waals surface area contributed by atoms with E-state index in [1.54, 1.807) is 4.90 Å². The number of piperidine rings is 1. The zero-order chi connectivity index (χ0) is 11.1. The SMILES string of the molecule is CCN1C(=O)NC2(CCN(C)CC2)C1=S. The average molecular weight is 227 g/mol. The van der Waals surface area contributed by atoms with Crippen LogP contribution >= 0.6 is 12.2 Å². The topological polar surface area (TPSA) is 35.6 Å². The molecule has 0 aromatic rings. The Kier molecular flexibility index (Phi) is 2.68. The summed E-state index contributed by atoms with van der Waals surface area (Å²) in [6.07, 6.45) is 1.87. The fourth-order valence-corrected chi connectivity index (χ4v) is 2.77. The van der Waals surface area contributed by atoms with E-state index in [0.717, 1.165) is 30.9 Å². The van der Waals surface area contributed by atoms with Crippen molar-refractivity contribution in [3.63, 3.8) is 0 Å². The van der Waals surface area contributed by atoms with Gasteiger partial charge in [-0.3, -0.25) is 4.90 Å². The van der Waals surface area contributed by atoms with Crippen LogP contribution < -0.4 is 5.32 Å². The molecule has 2 saturated heterocycles. The molecule has 1 spiro atoms. The van der Waals surface area contributed by atoms with Gasteiger partial charge >= 0.3 is 6.03 Å². The molecule has 2 aliphatic rings. The zero-order valence-corrected chi connectivity index (χ0v) is 10.1. The first kappa shape index (κ1) is 10.8. The van der Waals surface area contributed by atoms with E-state index in [1.807, 2.05) is 6.92 Å². The van der Waals surface area contributed by atoms with Crippen molar-refractivity contribution in [2.45, 2.75) is 25.3 Å². The first-order valence-corrected chi connectivity index (χ1v) is 5.82. The lowest BCUT2D eigenvalue weighted by Gasteiger charge is -2.37. The normalized spacial score (nSPS) is 26.1. The van der Waals surface area contributed by atoms with Crippen molar-refractivity contribution < 1.29 is 4.79 Å². The van der Waals surface area contributed by atoms with Gasteiger partial charge in [0.1, 0.15) is 4.99 Å². The van der Waals surface area contributed by atoms with Crippen LogP contribution in [0.5, 0.6) is 0 Å². The molecule has 0 atom stereocenters. The molecular weight excluding hydrogens is 210 g/mol. The number of rotatable bonds is 1. The average Bonchev–Trinajstić information content (AvgIpc) is 2.44. The van der Waals surface area contributed by atoms with E-state index in [1.165, 1.54) is 0 Å². The Balaban J connectivity index is 2.17. The van der Waals surface area contributed by atoms with Crippen LogP contribution in [0.2, 0.25) is 0 Å².